The van der Waals surface area contributed by atoms with E-state index in [1.807, 2.05) is 0 Å². The second-order valence-corrected chi connectivity index (χ2v) is 8.52. The third-order valence-electron chi connectivity index (χ3n) is 4.61. The summed E-state index contributed by atoms with van der Waals surface area (Å²) in [5.41, 5.74) is 1.23. The van der Waals surface area contributed by atoms with Crippen LogP contribution in [-0.2, 0) is 10.0 Å². The zero-order chi connectivity index (χ0) is 21.0. The molecule has 5 nitrogen and oxygen atoms in total. The average molecular weight is 412 g/mol. The minimum Gasteiger partial charge on any atom is -0.345 e. The maximum atomic E-state index is 13.1. The Morgan fingerprint density at radius 3 is 2.17 bits per heavy atom. The number of hydrogen-bond acceptors (Lipinski definition) is 3. The Kier molecular flexibility index (Phi) is 5.98. The van der Waals surface area contributed by atoms with Gasteiger partial charge in [-0.1, -0.05) is 42.5 Å². The first-order valence-corrected chi connectivity index (χ1v) is 10.4. The highest BCUT2D eigenvalue weighted by atomic mass is 32.2. The number of carbonyl (C=O) groups is 1. The summed E-state index contributed by atoms with van der Waals surface area (Å²) in [6, 6.07) is 20.0. The standard InChI is InChI=1S/C22H21FN2O3S/c1-16(17-12-14-18(23)15-13-17)24-22(26)20-10-6-7-11-21(20)25(2)29(27,28)19-8-4-3-5-9-19/h3-16H,1-2H3,(H,24,26)/t16-/m1/s1. The molecule has 0 saturated carbocycles. The second kappa shape index (κ2) is 8.45. The Morgan fingerprint density at radius 1 is 0.931 bits per heavy atom. The lowest BCUT2D eigenvalue weighted by Crippen LogP contribution is -2.31. The highest BCUT2D eigenvalue weighted by molar-refractivity contribution is 7.92. The molecule has 7 heteroatoms. The van der Waals surface area contributed by atoms with Crippen LogP contribution in [0, 0.1) is 5.82 Å². The van der Waals surface area contributed by atoms with Crippen LogP contribution in [0.15, 0.2) is 83.8 Å². The van der Waals surface area contributed by atoms with Gasteiger partial charge in [-0.25, -0.2) is 12.8 Å². The number of anilines is 1. The highest BCUT2D eigenvalue weighted by Gasteiger charge is 2.25. The van der Waals surface area contributed by atoms with Crippen molar-refractivity contribution in [2.45, 2.75) is 17.9 Å². The zero-order valence-electron chi connectivity index (χ0n) is 16.0. The molecule has 29 heavy (non-hydrogen) atoms. The summed E-state index contributed by atoms with van der Waals surface area (Å²) in [7, 11) is -2.41. The molecule has 3 aromatic carbocycles. The molecule has 3 aromatic rings. The third kappa shape index (κ3) is 4.46. The Hall–Kier alpha value is -3.19. The molecule has 0 fully saturated rings. The molecule has 1 amide bonds. The molecule has 3 rings (SSSR count). The number of hydrogen-bond donors (Lipinski definition) is 1. The molecule has 0 spiro atoms. The lowest BCUT2D eigenvalue weighted by Gasteiger charge is -2.23. The van der Waals surface area contributed by atoms with Crippen molar-refractivity contribution in [1.29, 1.82) is 0 Å². The predicted molar refractivity (Wildman–Crippen MR) is 111 cm³/mol. The van der Waals surface area contributed by atoms with Crippen LogP contribution in [0.4, 0.5) is 10.1 Å². The molecule has 0 heterocycles. The fraction of sp³-hybridized carbons (Fsp3) is 0.136. The van der Waals surface area contributed by atoms with Crippen LogP contribution in [0.1, 0.15) is 28.9 Å². The molecule has 0 bridgehead atoms. The first-order valence-electron chi connectivity index (χ1n) is 9.00. The van der Waals surface area contributed by atoms with Crippen molar-refractivity contribution in [3.63, 3.8) is 0 Å². The summed E-state index contributed by atoms with van der Waals surface area (Å²) in [4.78, 5) is 13.0. The number of rotatable bonds is 6. The van der Waals surface area contributed by atoms with Crippen molar-refractivity contribution in [3.8, 4) is 0 Å². The second-order valence-electron chi connectivity index (χ2n) is 6.55. The average Bonchev–Trinajstić information content (AvgIpc) is 2.74. The van der Waals surface area contributed by atoms with E-state index in [0.717, 1.165) is 9.87 Å². The van der Waals surface area contributed by atoms with Gasteiger partial charge in [-0.3, -0.25) is 9.10 Å². The van der Waals surface area contributed by atoms with Crippen LogP contribution in [0.25, 0.3) is 0 Å². The van der Waals surface area contributed by atoms with E-state index in [-0.39, 0.29) is 28.0 Å². The molecule has 0 aliphatic heterocycles. The smallest absolute Gasteiger partial charge is 0.264 e. The van der Waals surface area contributed by atoms with Gasteiger partial charge in [0.2, 0.25) is 0 Å². The van der Waals surface area contributed by atoms with E-state index in [1.165, 1.54) is 31.3 Å². The number of amides is 1. The number of sulfonamides is 1. The van der Waals surface area contributed by atoms with E-state index in [9.17, 15) is 17.6 Å². The molecule has 150 valence electrons. The first-order chi connectivity index (χ1) is 13.8. The maximum absolute atomic E-state index is 13.1. The highest BCUT2D eigenvalue weighted by Crippen LogP contribution is 2.26. The van der Waals surface area contributed by atoms with Crippen LogP contribution >= 0.6 is 0 Å². The van der Waals surface area contributed by atoms with Gasteiger partial charge in [0.15, 0.2) is 0 Å². The summed E-state index contributed by atoms with van der Waals surface area (Å²) >= 11 is 0. The topological polar surface area (TPSA) is 66.5 Å². The van der Waals surface area contributed by atoms with Gasteiger partial charge in [0.25, 0.3) is 15.9 Å². The summed E-state index contributed by atoms with van der Waals surface area (Å²) in [5, 5.41) is 2.84. The Morgan fingerprint density at radius 2 is 1.52 bits per heavy atom. The molecule has 0 radical (unpaired) electrons. The summed E-state index contributed by atoms with van der Waals surface area (Å²) in [6.07, 6.45) is 0. The zero-order valence-corrected chi connectivity index (χ0v) is 16.9. The number of halogens is 1. The summed E-state index contributed by atoms with van der Waals surface area (Å²) in [5.74, 6) is -0.780. The Labute approximate surface area is 169 Å². The van der Waals surface area contributed by atoms with Crippen molar-refractivity contribution in [3.05, 3.63) is 95.8 Å². The first kappa shape index (κ1) is 20.5. The number of carbonyl (C=O) groups excluding carboxylic acids is 1. The molecule has 0 saturated heterocycles. The van der Waals surface area contributed by atoms with Crippen molar-refractivity contribution >= 4 is 21.6 Å². The maximum Gasteiger partial charge on any atom is 0.264 e. The van der Waals surface area contributed by atoms with E-state index in [0.29, 0.717) is 0 Å². The SMILES string of the molecule is C[C@@H](NC(=O)c1ccccc1N(C)S(=O)(=O)c1ccccc1)c1ccc(F)cc1. The van der Waals surface area contributed by atoms with Crippen LogP contribution in [0.2, 0.25) is 0 Å². The molecule has 1 atom stereocenters. The lowest BCUT2D eigenvalue weighted by molar-refractivity contribution is 0.0940. The van der Waals surface area contributed by atoms with Gasteiger partial charge in [-0.2, -0.15) is 0 Å². The molecule has 0 aromatic heterocycles. The monoisotopic (exact) mass is 412 g/mol. The molecule has 0 aliphatic carbocycles. The van der Waals surface area contributed by atoms with Gasteiger partial charge in [-0.15, -0.1) is 0 Å². The lowest BCUT2D eigenvalue weighted by atomic mass is 10.1. The number of nitrogens with one attached hydrogen (secondary N) is 1. The molecule has 1 N–H and O–H groups in total. The van der Waals surface area contributed by atoms with Gasteiger partial charge >= 0.3 is 0 Å². The van der Waals surface area contributed by atoms with Crippen molar-refractivity contribution < 1.29 is 17.6 Å². The van der Waals surface area contributed by atoms with Crippen molar-refractivity contribution in [2.75, 3.05) is 11.4 Å². The van der Waals surface area contributed by atoms with Gasteiger partial charge in [-0.05, 0) is 48.9 Å². The molecule has 0 aliphatic rings. The van der Waals surface area contributed by atoms with E-state index in [4.69, 9.17) is 0 Å². The van der Waals surface area contributed by atoms with Crippen molar-refractivity contribution in [1.82, 2.24) is 5.32 Å². The predicted octanol–water partition coefficient (Wildman–Crippen LogP) is 4.14. The largest absolute Gasteiger partial charge is 0.345 e. The normalized spacial score (nSPS) is 12.2. The molecular formula is C22H21FN2O3S. The van der Waals surface area contributed by atoms with Gasteiger partial charge in [0, 0.05) is 7.05 Å². The third-order valence-corrected chi connectivity index (χ3v) is 6.39. The van der Waals surface area contributed by atoms with Gasteiger partial charge in [0.05, 0.1) is 22.2 Å². The quantitative estimate of drug-likeness (QED) is 0.662. The minimum absolute atomic E-state index is 0.136. The molecule has 0 unspecified atom stereocenters. The fourth-order valence-corrected chi connectivity index (χ4v) is 4.16. The summed E-state index contributed by atoms with van der Waals surface area (Å²) in [6.45, 7) is 1.78. The van der Waals surface area contributed by atoms with Gasteiger partial charge < -0.3 is 5.32 Å². The van der Waals surface area contributed by atoms with E-state index in [1.54, 1.807) is 61.5 Å². The van der Waals surface area contributed by atoms with E-state index >= 15 is 0 Å². The van der Waals surface area contributed by atoms with E-state index in [2.05, 4.69) is 5.32 Å². The van der Waals surface area contributed by atoms with E-state index < -0.39 is 15.9 Å². The minimum atomic E-state index is -3.82. The van der Waals surface area contributed by atoms with Crippen molar-refractivity contribution in [2.24, 2.45) is 0 Å². The number of benzene rings is 3. The van der Waals surface area contributed by atoms with Crippen LogP contribution < -0.4 is 9.62 Å². The van der Waals surface area contributed by atoms with Crippen LogP contribution in [-0.4, -0.2) is 21.4 Å². The van der Waals surface area contributed by atoms with Crippen LogP contribution in [0.3, 0.4) is 0 Å². The summed E-state index contributed by atoms with van der Waals surface area (Å²) < 4.78 is 40.1. The number of para-hydroxylation sites is 1. The molecular weight excluding hydrogens is 391 g/mol. The Balaban J connectivity index is 1.88. The fourth-order valence-electron chi connectivity index (χ4n) is 2.93. The Bertz CT molecular complexity index is 1100. The number of nitrogens with zero attached hydrogens (tertiary/aromatic N) is 1. The van der Waals surface area contributed by atoms with Crippen LogP contribution in [0.5, 0.6) is 0 Å². The van der Waals surface area contributed by atoms with Gasteiger partial charge in [0.1, 0.15) is 5.82 Å².